The van der Waals surface area contributed by atoms with E-state index in [-0.39, 0.29) is 59.1 Å². The highest BCUT2D eigenvalue weighted by molar-refractivity contribution is 6.16. The first-order chi connectivity index (χ1) is 34.0. The molecule has 0 atom stereocenters. The van der Waals surface area contributed by atoms with Crippen LogP contribution in [0, 0.1) is 0 Å². The van der Waals surface area contributed by atoms with E-state index in [9.17, 15) is 39.6 Å². The highest BCUT2D eigenvalue weighted by Crippen LogP contribution is 2.34. The van der Waals surface area contributed by atoms with Crippen LogP contribution in [-0.2, 0) is 25.7 Å². The van der Waals surface area contributed by atoms with Crippen molar-refractivity contribution < 1.29 is 44.4 Å². The maximum absolute atomic E-state index is 15.5. The molecule has 0 aliphatic heterocycles. The predicted molar refractivity (Wildman–Crippen MR) is 277 cm³/mol. The Balaban J connectivity index is 2.76. The number of carboxylic acids is 4. The third-order valence-electron chi connectivity index (χ3n) is 14.5. The molecule has 9 heteroatoms. The molecule has 2 aromatic rings. The first-order valence-electron chi connectivity index (χ1n) is 28.7. The Kier molecular flexibility index (Phi) is 34.3. The Bertz CT molecular complexity index is 1700. The van der Waals surface area contributed by atoms with Crippen LogP contribution in [0.25, 0.3) is 0 Å². The smallest absolute Gasteiger partial charge is 0.193 e. The Morgan fingerprint density at radius 1 is 0.286 bits per heavy atom. The summed E-state index contributed by atoms with van der Waals surface area (Å²) in [5, 5.41) is 52.6. The normalized spacial score (nSPS) is 11.4. The average Bonchev–Trinajstić information content (AvgIpc) is 3.33. The second-order valence-corrected chi connectivity index (χ2v) is 20.4. The molecule has 0 unspecified atom stereocenters. The van der Waals surface area contributed by atoms with Gasteiger partial charge in [0.2, 0.25) is 0 Å². The van der Waals surface area contributed by atoms with Crippen LogP contribution >= 0.6 is 0 Å². The van der Waals surface area contributed by atoms with E-state index in [1.54, 1.807) is 0 Å². The minimum atomic E-state index is -1.71. The van der Waals surface area contributed by atoms with Crippen LogP contribution in [0.4, 0.5) is 0 Å². The Hall–Kier alpha value is -4.01. The maximum atomic E-state index is 15.5. The van der Waals surface area contributed by atoms with Crippen molar-refractivity contribution in [1.29, 1.82) is 0 Å². The molecular weight excluding hydrogens is 877 g/mol. The number of unbranched alkanes of at least 4 members (excludes halogenated alkanes) is 32. The molecule has 70 heavy (non-hydrogen) atoms. The maximum Gasteiger partial charge on any atom is 0.193 e. The summed E-state index contributed by atoms with van der Waals surface area (Å²) in [5.41, 5.74) is -1.66. The minimum Gasteiger partial charge on any atom is -0.545 e. The first-order valence-corrected chi connectivity index (χ1v) is 28.7. The number of carboxylic acid groups (broad SMARTS) is 4. The van der Waals surface area contributed by atoms with Crippen LogP contribution in [0.2, 0.25) is 0 Å². The van der Waals surface area contributed by atoms with E-state index in [1.165, 1.54) is 76.3 Å². The average molecular weight is 971 g/mol. The zero-order valence-electron chi connectivity index (χ0n) is 44.6. The van der Waals surface area contributed by atoms with Crippen LogP contribution in [0.15, 0.2) is 12.1 Å². The van der Waals surface area contributed by atoms with Gasteiger partial charge < -0.3 is 39.6 Å². The van der Waals surface area contributed by atoms with E-state index < -0.39 is 51.9 Å². The van der Waals surface area contributed by atoms with E-state index in [1.807, 2.05) is 0 Å². The molecule has 0 fully saturated rings. The third kappa shape index (κ3) is 23.5. The van der Waals surface area contributed by atoms with Gasteiger partial charge in [-0.15, -0.1) is 0 Å². The Morgan fingerprint density at radius 3 is 0.700 bits per heavy atom. The van der Waals surface area contributed by atoms with E-state index in [4.69, 9.17) is 0 Å². The standard InChI is InChI=1S/C61H98O9/c1-5-9-13-17-21-25-29-33-37-41-47-45-51(49(55(60(67)68)53(47)58(63)64)43-39-35-31-27-23-19-15-11-7-3)57(62)52-46-48(42-38-34-30-26-22-18-14-10-6-2)54(59(65)66)56(61(69)70)50(52)44-40-36-32-28-24-20-16-12-8-4/h45-46H,5-44H2,1-4H3,(H,63,64)(H,65,66)(H,67,68)(H,69,70)/p-4. The summed E-state index contributed by atoms with van der Waals surface area (Å²) in [7, 11) is 0. The second-order valence-electron chi connectivity index (χ2n) is 20.4. The van der Waals surface area contributed by atoms with Gasteiger partial charge in [0.1, 0.15) is 0 Å². The molecule has 0 aliphatic rings. The third-order valence-corrected chi connectivity index (χ3v) is 14.5. The van der Waals surface area contributed by atoms with Gasteiger partial charge in [0.15, 0.2) is 5.78 Å². The minimum absolute atomic E-state index is 0.0115. The fourth-order valence-electron chi connectivity index (χ4n) is 10.4. The van der Waals surface area contributed by atoms with Crippen molar-refractivity contribution in [2.75, 3.05) is 0 Å². The van der Waals surface area contributed by atoms with Gasteiger partial charge in [-0.2, -0.15) is 0 Å². The number of ketones is 1. The summed E-state index contributed by atoms with van der Waals surface area (Å²) in [6.07, 6.45) is 36.7. The second kappa shape index (κ2) is 38.6. The zero-order chi connectivity index (χ0) is 51.4. The number of hydrogen-bond acceptors (Lipinski definition) is 9. The lowest BCUT2D eigenvalue weighted by atomic mass is 9.80. The number of benzene rings is 2. The highest BCUT2D eigenvalue weighted by atomic mass is 16.4. The quantitative estimate of drug-likeness (QED) is 0.0461. The first kappa shape index (κ1) is 62.1. The van der Waals surface area contributed by atoms with Gasteiger partial charge in [0.05, 0.1) is 23.9 Å². The summed E-state index contributed by atoms with van der Waals surface area (Å²) >= 11 is 0. The van der Waals surface area contributed by atoms with Crippen molar-refractivity contribution in [3.05, 3.63) is 67.8 Å². The molecule has 2 aromatic carbocycles. The summed E-state index contributed by atoms with van der Waals surface area (Å²) in [6, 6.07) is 3.00. The zero-order valence-corrected chi connectivity index (χ0v) is 44.6. The molecule has 0 spiro atoms. The van der Waals surface area contributed by atoms with Crippen LogP contribution < -0.4 is 20.4 Å². The molecule has 0 saturated heterocycles. The highest BCUT2D eigenvalue weighted by Gasteiger charge is 2.28. The van der Waals surface area contributed by atoms with E-state index in [2.05, 4.69) is 27.7 Å². The van der Waals surface area contributed by atoms with Crippen LogP contribution in [0.5, 0.6) is 0 Å². The lowest BCUT2D eigenvalue weighted by Crippen LogP contribution is -2.34. The van der Waals surface area contributed by atoms with Gasteiger partial charge in [-0.3, -0.25) is 4.79 Å². The molecule has 0 bridgehead atoms. The van der Waals surface area contributed by atoms with Gasteiger partial charge in [-0.05, 0) is 85.8 Å². The number of aryl methyl sites for hydroxylation is 2. The number of carbonyl (C=O) groups is 5. The van der Waals surface area contributed by atoms with E-state index in [0.717, 1.165) is 141 Å². The molecular formula is C61H94O9-4. The van der Waals surface area contributed by atoms with E-state index >= 15 is 4.79 Å². The SMILES string of the molecule is CCCCCCCCCCCc1cc(C(=O)c2cc(CCCCCCCCCCC)c(C(=O)[O-])c(C(=O)[O-])c2CCCCCCCCCCC)c(CCCCCCCCCCC)c(C(=O)[O-])c1C(=O)[O-]. The molecule has 0 heterocycles. The molecule has 0 N–H and O–H groups in total. The van der Waals surface area contributed by atoms with Crippen molar-refractivity contribution in [2.24, 2.45) is 0 Å². The molecule has 0 saturated carbocycles. The molecule has 9 nitrogen and oxygen atoms in total. The molecule has 0 amide bonds. The molecule has 0 radical (unpaired) electrons. The molecule has 0 aliphatic carbocycles. The molecule has 2 rings (SSSR count). The van der Waals surface area contributed by atoms with Gasteiger partial charge in [0, 0.05) is 33.4 Å². The molecule has 0 aromatic heterocycles. The molecule has 396 valence electrons. The van der Waals surface area contributed by atoms with Crippen molar-refractivity contribution in [3.63, 3.8) is 0 Å². The number of rotatable bonds is 46. The van der Waals surface area contributed by atoms with Gasteiger partial charge in [0.25, 0.3) is 0 Å². The van der Waals surface area contributed by atoms with Gasteiger partial charge >= 0.3 is 0 Å². The summed E-state index contributed by atoms with van der Waals surface area (Å²) in [4.78, 5) is 68.1. The lowest BCUT2D eigenvalue weighted by molar-refractivity contribution is -0.259. The summed E-state index contributed by atoms with van der Waals surface area (Å²) in [6.45, 7) is 8.72. The van der Waals surface area contributed by atoms with Crippen LogP contribution in [0.1, 0.15) is 338 Å². The fraction of sp³-hybridized carbons (Fsp3) is 0.721. The number of carbonyl (C=O) groups excluding carboxylic acids is 5. The summed E-state index contributed by atoms with van der Waals surface area (Å²) in [5.74, 6) is -7.37. The van der Waals surface area contributed by atoms with Gasteiger partial charge in [-0.1, -0.05) is 233 Å². The lowest BCUT2D eigenvalue weighted by Gasteiger charge is -2.26. The fourth-order valence-corrected chi connectivity index (χ4v) is 10.4. The van der Waals surface area contributed by atoms with E-state index in [0.29, 0.717) is 25.7 Å². The Morgan fingerprint density at radius 2 is 0.486 bits per heavy atom. The Labute approximate surface area is 424 Å². The van der Waals surface area contributed by atoms with Crippen molar-refractivity contribution >= 4 is 29.7 Å². The monoisotopic (exact) mass is 971 g/mol. The van der Waals surface area contributed by atoms with Crippen LogP contribution in [0.3, 0.4) is 0 Å². The van der Waals surface area contributed by atoms with Gasteiger partial charge in [-0.25, -0.2) is 0 Å². The van der Waals surface area contributed by atoms with Crippen molar-refractivity contribution in [3.8, 4) is 0 Å². The topological polar surface area (TPSA) is 178 Å². The summed E-state index contributed by atoms with van der Waals surface area (Å²) < 4.78 is 0. The predicted octanol–water partition coefficient (Wildman–Crippen LogP) is 12.7. The number of aromatic carboxylic acids is 4. The van der Waals surface area contributed by atoms with Crippen LogP contribution in [-0.4, -0.2) is 29.7 Å². The van der Waals surface area contributed by atoms with Crippen molar-refractivity contribution in [2.45, 2.75) is 285 Å². The number of hydrogen-bond donors (Lipinski definition) is 0. The largest absolute Gasteiger partial charge is 0.545 e. The van der Waals surface area contributed by atoms with Crippen molar-refractivity contribution in [1.82, 2.24) is 0 Å².